The van der Waals surface area contributed by atoms with E-state index in [1.165, 1.54) is 0 Å². The number of aliphatic imine (C=N–C) groups is 2. The molecule has 0 unspecified atom stereocenters. The lowest BCUT2D eigenvalue weighted by Gasteiger charge is -2.24. The number of benzene rings is 2. The fraction of sp³-hybridized carbons (Fsp3) is 0.250. The third kappa shape index (κ3) is 4.06. The maximum Gasteiger partial charge on any atom is 0.161 e. The molecule has 0 saturated heterocycles. The highest BCUT2D eigenvalue weighted by atomic mass is 35.5. The van der Waals surface area contributed by atoms with Gasteiger partial charge >= 0.3 is 0 Å². The lowest BCUT2D eigenvalue weighted by Crippen LogP contribution is -2.32. The number of rotatable bonds is 5. The van der Waals surface area contributed by atoms with Gasteiger partial charge in [0.2, 0.25) is 0 Å². The summed E-state index contributed by atoms with van der Waals surface area (Å²) in [6, 6.07) is 12.3. The van der Waals surface area contributed by atoms with Gasteiger partial charge in [-0.25, -0.2) is 4.99 Å². The van der Waals surface area contributed by atoms with Crippen LogP contribution in [0, 0.1) is 17.2 Å². The SMILES string of the molecule is COc1ccc(CC2=N[C@H](c3ccc(Cl)cc3Cl)[C@H](C#N)C(N)=N2)cc1OC. The van der Waals surface area contributed by atoms with Crippen LogP contribution in [-0.2, 0) is 6.42 Å². The second-order valence-electron chi connectivity index (χ2n) is 6.17. The highest BCUT2D eigenvalue weighted by molar-refractivity contribution is 6.35. The van der Waals surface area contributed by atoms with Crippen molar-refractivity contribution in [3.05, 3.63) is 57.6 Å². The largest absolute Gasteiger partial charge is 0.493 e. The summed E-state index contributed by atoms with van der Waals surface area (Å²) in [6.45, 7) is 0. The lowest BCUT2D eigenvalue weighted by molar-refractivity contribution is 0.354. The van der Waals surface area contributed by atoms with Crippen LogP contribution in [0.4, 0.5) is 0 Å². The molecule has 0 aliphatic carbocycles. The minimum atomic E-state index is -0.701. The van der Waals surface area contributed by atoms with Crippen molar-refractivity contribution in [3.63, 3.8) is 0 Å². The fourth-order valence-electron chi connectivity index (χ4n) is 3.03. The Morgan fingerprint density at radius 2 is 1.86 bits per heavy atom. The van der Waals surface area contributed by atoms with Crippen molar-refractivity contribution in [3.8, 4) is 17.6 Å². The van der Waals surface area contributed by atoms with E-state index in [0.29, 0.717) is 39.4 Å². The van der Waals surface area contributed by atoms with Crippen LogP contribution in [0.1, 0.15) is 17.2 Å². The van der Waals surface area contributed by atoms with E-state index in [-0.39, 0.29) is 5.84 Å². The van der Waals surface area contributed by atoms with Crippen molar-refractivity contribution < 1.29 is 9.47 Å². The van der Waals surface area contributed by atoms with Gasteiger partial charge in [0.25, 0.3) is 0 Å². The van der Waals surface area contributed by atoms with E-state index in [0.717, 1.165) is 5.56 Å². The molecule has 0 bridgehead atoms. The Kier molecular flexibility index (Phi) is 6.08. The zero-order valence-electron chi connectivity index (χ0n) is 15.3. The quantitative estimate of drug-likeness (QED) is 0.789. The first-order chi connectivity index (χ1) is 13.5. The molecule has 1 aliphatic heterocycles. The van der Waals surface area contributed by atoms with Gasteiger partial charge < -0.3 is 15.2 Å². The predicted octanol–water partition coefficient (Wildman–Crippen LogP) is 4.20. The van der Waals surface area contributed by atoms with Crippen molar-refractivity contribution in [2.45, 2.75) is 12.5 Å². The second kappa shape index (κ2) is 8.51. The van der Waals surface area contributed by atoms with Gasteiger partial charge in [-0.2, -0.15) is 5.26 Å². The highest BCUT2D eigenvalue weighted by Crippen LogP contribution is 2.36. The number of hydrogen-bond donors (Lipinski definition) is 1. The standard InChI is InChI=1S/C20H18Cl2N4O2/c1-27-16-6-3-11(7-17(16)28-2)8-18-25-19(14(10-23)20(24)26-18)13-5-4-12(21)9-15(13)22/h3-7,9,14,19H,8H2,1-2H3,(H2,24,25,26)/t14-,19+/m0/s1. The topological polar surface area (TPSA) is 93.0 Å². The zero-order valence-corrected chi connectivity index (χ0v) is 16.8. The third-order valence-corrected chi connectivity index (χ3v) is 4.97. The van der Waals surface area contributed by atoms with Crippen molar-refractivity contribution in [2.24, 2.45) is 21.6 Å². The Bertz CT molecular complexity index is 998. The molecule has 1 heterocycles. The van der Waals surface area contributed by atoms with Crippen LogP contribution in [0.2, 0.25) is 10.0 Å². The second-order valence-corrected chi connectivity index (χ2v) is 7.01. The number of nitriles is 1. The number of nitrogens with zero attached hydrogens (tertiary/aromatic N) is 3. The molecular formula is C20H18Cl2N4O2. The number of nitrogens with two attached hydrogens (primary N) is 1. The van der Waals surface area contributed by atoms with Crippen molar-refractivity contribution in [2.75, 3.05) is 14.2 Å². The minimum Gasteiger partial charge on any atom is -0.493 e. The summed E-state index contributed by atoms with van der Waals surface area (Å²) in [4.78, 5) is 9.00. The van der Waals surface area contributed by atoms with E-state index in [1.807, 2.05) is 18.2 Å². The molecule has 0 saturated carbocycles. The van der Waals surface area contributed by atoms with Gasteiger partial charge in [0.05, 0.1) is 20.3 Å². The van der Waals surface area contributed by atoms with Gasteiger partial charge in [0.1, 0.15) is 23.6 Å². The number of amidine groups is 2. The Morgan fingerprint density at radius 3 is 2.50 bits per heavy atom. The molecule has 0 spiro atoms. The predicted molar refractivity (Wildman–Crippen MR) is 111 cm³/mol. The monoisotopic (exact) mass is 416 g/mol. The average Bonchev–Trinajstić information content (AvgIpc) is 2.67. The van der Waals surface area contributed by atoms with Crippen LogP contribution in [0.5, 0.6) is 11.5 Å². The Morgan fingerprint density at radius 1 is 1.11 bits per heavy atom. The van der Waals surface area contributed by atoms with Crippen LogP contribution in [0.25, 0.3) is 0 Å². The van der Waals surface area contributed by atoms with Gasteiger partial charge in [-0.3, -0.25) is 4.99 Å². The first-order valence-electron chi connectivity index (χ1n) is 8.43. The maximum absolute atomic E-state index is 9.56. The van der Waals surface area contributed by atoms with E-state index in [2.05, 4.69) is 16.1 Å². The van der Waals surface area contributed by atoms with Gasteiger partial charge in [-0.1, -0.05) is 35.3 Å². The molecule has 0 fully saturated rings. The summed E-state index contributed by atoms with van der Waals surface area (Å²) in [7, 11) is 3.15. The molecule has 2 atom stereocenters. The minimum absolute atomic E-state index is 0.212. The molecule has 0 amide bonds. The molecule has 3 rings (SSSR count). The first-order valence-corrected chi connectivity index (χ1v) is 9.18. The summed E-state index contributed by atoms with van der Waals surface area (Å²) in [5.41, 5.74) is 7.68. The first kappa shape index (κ1) is 20.0. The normalized spacial score (nSPS) is 18.7. The van der Waals surface area contributed by atoms with E-state index in [4.69, 9.17) is 38.4 Å². The van der Waals surface area contributed by atoms with Gasteiger partial charge in [-0.15, -0.1) is 0 Å². The summed E-state index contributed by atoms with van der Waals surface area (Å²) < 4.78 is 10.6. The molecule has 2 aromatic rings. The number of halogens is 2. The van der Waals surface area contributed by atoms with Gasteiger partial charge in [0, 0.05) is 16.5 Å². The van der Waals surface area contributed by atoms with E-state index in [1.54, 1.807) is 32.4 Å². The lowest BCUT2D eigenvalue weighted by atomic mass is 9.92. The summed E-state index contributed by atoms with van der Waals surface area (Å²) in [5, 5.41) is 10.5. The Hall–Kier alpha value is -2.75. The fourth-order valence-corrected chi connectivity index (χ4v) is 3.55. The molecule has 2 N–H and O–H groups in total. The zero-order chi connectivity index (χ0) is 20.3. The van der Waals surface area contributed by atoms with Crippen molar-refractivity contribution >= 4 is 34.9 Å². The van der Waals surface area contributed by atoms with Gasteiger partial charge in [0.15, 0.2) is 11.5 Å². The highest BCUT2D eigenvalue weighted by Gasteiger charge is 2.31. The maximum atomic E-state index is 9.56. The summed E-state index contributed by atoms with van der Waals surface area (Å²) in [5.74, 6) is 1.26. The number of methoxy groups -OCH3 is 2. The molecule has 6 nitrogen and oxygen atoms in total. The summed E-state index contributed by atoms with van der Waals surface area (Å²) in [6.07, 6.45) is 0.418. The van der Waals surface area contributed by atoms with Crippen molar-refractivity contribution in [1.29, 1.82) is 5.26 Å². The van der Waals surface area contributed by atoms with Crippen LogP contribution in [0.15, 0.2) is 46.4 Å². The average molecular weight is 417 g/mol. The molecule has 144 valence electrons. The Balaban J connectivity index is 1.97. The smallest absolute Gasteiger partial charge is 0.161 e. The summed E-state index contributed by atoms with van der Waals surface area (Å²) >= 11 is 12.3. The van der Waals surface area contributed by atoms with Crippen LogP contribution in [-0.4, -0.2) is 25.9 Å². The molecule has 28 heavy (non-hydrogen) atoms. The van der Waals surface area contributed by atoms with E-state index in [9.17, 15) is 5.26 Å². The number of ether oxygens (including phenoxy) is 2. The molecule has 0 aromatic heterocycles. The van der Waals surface area contributed by atoms with Crippen molar-refractivity contribution in [1.82, 2.24) is 0 Å². The van der Waals surface area contributed by atoms with Crippen LogP contribution in [0.3, 0.4) is 0 Å². The molecule has 8 heteroatoms. The van der Waals surface area contributed by atoms with Gasteiger partial charge in [-0.05, 0) is 35.4 Å². The van der Waals surface area contributed by atoms with E-state index >= 15 is 0 Å². The number of hydrogen-bond acceptors (Lipinski definition) is 6. The molecule has 1 aliphatic rings. The molecule has 0 radical (unpaired) electrons. The van der Waals surface area contributed by atoms with E-state index < -0.39 is 12.0 Å². The Labute approximate surface area is 173 Å². The molecule has 2 aromatic carbocycles. The molecular weight excluding hydrogens is 399 g/mol. The third-order valence-electron chi connectivity index (χ3n) is 4.41. The van der Waals surface area contributed by atoms with Crippen LogP contribution < -0.4 is 15.2 Å². The van der Waals surface area contributed by atoms with Crippen LogP contribution >= 0.6 is 23.2 Å².